The molecule has 1 saturated heterocycles. The molecule has 0 unspecified atom stereocenters. The van der Waals surface area contributed by atoms with Gasteiger partial charge in [0.1, 0.15) is 0 Å². The van der Waals surface area contributed by atoms with Crippen LogP contribution in [0.4, 0.5) is 0 Å². The molecule has 2 atom stereocenters. The molecule has 0 aliphatic carbocycles. The molecule has 1 fully saturated rings. The molecule has 0 N–H and O–H groups in total. The lowest BCUT2D eigenvalue weighted by Crippen LogP contribution is -2.25. The maximum absolute atomic E-state index is 5.43. The summed E-state index contributed by atoms with van der Waals surface area (Å²) in [5.41, 5.74) is 0.482. The molecule has 0 spiro atoms. The van der Waals surface area contributed by atoms with Crippen molar-refractivity contribution in [2.24, 2.45) is 11.3 Å². The largest absolute Gasteiger partial charge is 0.381 e. The SMILES string of the molecule is CCC[C@@H](C)[C@]1(C)CCOC1. The highest BCUT2D eigenvalue weighted by molar-refractivity contribution is 4.83. The molecular formula is C10H20O. The van der Waals surface area contributed by atoms with Crippen LogP contribution in [0.25, 0.3) is 0 Å². The first-order valence-corrected chi connectivity index (χ1v) is 4.77. The quantitative estimate of drug-likeness (QED) is 0.610. The van der Waals surface area contributed by atoms with E-state index in [0.29, 0.717) is 5.41 Å². The third-order valence-corrected chi connectivity index (χ3v) is 3.16. The van der Waals surface area contributed by atoms with Crippen LogP contribution in [-0.4, -0.2) is 13.2 Å². The smallest absolute Gasteiger partial charge is 0.0523 e. The molecular weight excluding hydrogens is 136 g/mol. The number of ether oxygens (including phenoxy) is 1. The molecule has 0 bridgehead atoms. The highest BCUT2D eigenvalue weighted by Crippen LogP contribution is 2.37. The van der Waals surface area contributed by atoms with E-state index in [-0.39, 0.29) is 0 Å². The highest BCUT2D eigenvalue weighted by atomic mass is 16.5. The Hall–Kier alpha value is -0.0400. The molecule has 0 amide bonds. The van der Waals surface area contributed by atoms with Crippen LogP contribution >= 0.6 is 0 Å². The lowest BCUT2D eigenvalue weighted by Gasteiger charge is -2.29. The van der Waals surface area contributed by atoms with E-state index in [9.17, 15) is 0 Å². The van der Waals surface area contributed by atoms with Crippen molar-refractivity contribution in [1.29, 1.82) is 0 Å². The Morgan fingerprint density at radius 3 is 2.73 bits per heavy atom. The molecule has 1 aliphatic heterocycles. The van der Waals surface area contributed by atoms with Gasteiger partial charge in [-0.05, 0) is 17.8 Å². The minimum atomic E-state index is 0.482. The van der Waals surface area contributed by atoms with Gasteiger partial charge < -0.3 is 4.74 Å². The Kier molecular flexibility index (Phi) is 2.94. The second kappa shape index (κ2) is 3.57. The van der Waals surface area contributed by atoms with Crippen LogP contribution in [0.2, 0.25) is 0 Å². The number of hydrogen-bond donors (Lipinski definition) is 0. The summed E-state index contributed by atoms with van der Waals surface area (Å²) in [7, 11) is 0. The Morgan fingerprint density at radius 1 is 1.55 bits per heavy atom. The summed E-state index contributed by atoms with van der Waals surface area (Å²) in [6.45, 7) is 8.94. The van der Waals surface area contributed by atoms with Gasteiger partial charge in [0.05, 0.1) is 6.61 Å². The zero-order valence-corrected chi connectivity index (χ0v) is 8.02. The second-order valence-electron chi connectivity index (χ2n) is 4.15. The Bertz CT molecular complexity index is 114. The Morgan fingerprint density at radius 2 is 2.27 bits per heavy atom. The predicted octanol–water partition coefficient (Wildman–Crippen LogP) is 2.85. The van der Waals surface area contributed by atoms with Crippen molar-refractivity contribution in [2.45, 2.75) is 40.0 Å². The van der Waals surface area contributed by atoms with Crippen LogP contribution in [0.1, 0.15) is 40.0 Å². The molecule has 0 aromatic heterocycles. The monoisotopic (exact) mass is 156 g/mol. The summed E-state index contributed by atoms with van der Waals surface area (Å²) in [4.78, 5) is 0. The summed E-state index contributed by atoms with van der Waals surface area (Å²) in [6.07, 6.45) is 3.91. The lowest BCUT2D eigenvalue weighted by atomic mass is 9.75. The van der Waals surface area contributed by atoms with Gasteiger partial charge in [-0.3, -0.25) is 0 Å². The second-order valence-corrected chi connectivity index (χ2v) is 4.15. The van der Waals surface area contributed by atoms with Crippen LogP contribution in [0.5, 0.6) is 0 Å². The zero-order chi connectivity index (χ0) is 8.32. The fraction of sp³-hybridized carbons (Fsp3) is 1.00. The molecule has 0 aromatic carbocycles. The van der Waals surface area contributed by atoms with Gasteiger partial charge in [0.25, 0.3) is 0 Å². The van der Waals surface area contributed by atoms with E-state index in [0.717, 1.165) is 19.1 Å². The van der Waals surface area contributed by atoms with E-state index >= 15 is 0 Å². The zero-order valence-electron chi connectivity index (χ0n) is 8.02. The molecule has 0 radical (unpaired) electrons. The fourth-order valence-electron chi connectivity index (χ4n) is 1.85. The van der Waals surface area contributed by atoms with E-state index in [2.05, 4.69) is 20.8 Å². The first-order chi connectivity index (χ1) is 5.19. The molecule has 66 valence electrons. The van der Waals surface area contributed by atoms with Gasteiger partial charge >= 0.3 is 0 Å². The fourth-order valence-corrected chi connectivity index (χ4v) is 1.85. The highest BCUT2D eigenvalue weighted by Gasteiger charge is 2.34. The predicted molar refractivity (Wildman–Crippen MR) is 47.6 cm³/mol. The molecule has 0 aromatic rings. The Balaban J connectivity index is 2.42. The van der Waals surface area contributed by atoms with Gasteiger partial charge in [-0.25, -0.2) is 0 Å². The normalized spacial score (nSPS) is 34.1. The Labute approximate surface area is 70.1 Å². The third kappa shape index (κ3) is 1.96. The van der Waals surface area contributed by atoms with Crippen molar-refractivity contribution in [3.8, 4) is 0 Å². The third-order valence-electron chi connectivity index (χ3n) is 3.16. The van der Waals surface area contributed by atoms with Crippen LogP contribution in [0.3, 0.4) is 0 Å². The molecule has 11 heavy (non-hydrogen) atoms. The van der Waals surface area contributed by atoms with Crippen molar-refractivity contribution in [1.82, 2.24) is 0 Å². The van der Waals surface area contributed by atoms with Crippen LogP contribution in [0.15, 0.2) is 0 Å². The van der Waals surface area contributed by atoms with Crippen molar-refractivity contribution >= 4 is 0 Å². The van der Waals surface area contributed by atoms with E-state index in [4.69, 9.17) is 4.74 Å². The average molecular weight is 156 g/mol. The minimum absolute atomic E-state index is 0.482. The van der Waals surface area contributed by atoms with E-state index in [1.807, 2.05) is 0 Å². The van der Waals surface area contributed by atoms with Crippen LogP contribution in [0, 0.1) is 11.3 Å². The average Bonchev–Trinajstić information content (AvgIpc) is 2.38. The summed E-state index contributed by atoms with van der Waals surface area (Å²) in [5, 5.41) is 0. The maximum atomic E-state index is 5.43. The summed E-state index contributed by atoms with van der Waals surface area (Å²) >= 11 is 0. The van der Waals surface area contributed by atoms with E-state index < -0.39 is 0 Å². The summed E-state index contributed by atoms with van der Waals surface area (Å²) < 4.78 is 5.43. The van der Waals surface area contributed by atoms with Crippen molar-refractivity contribution in [3.05, 3.63) is 0 Å². The topological polar surface area (TPSA) is 9.23 Å². The molecule has 1 nitrogen and oxygen atoms in total. The molecule has 1 heterocycles. The van der Waals surface area contributed by atoms with Crippen LogP contribution in [-0.2, 0) is 4.74 Å². The number of rotatable bonds is 3. The molecule has 1 rings (SSSR count). The molecule has 0 saturated carbocycles. The van der Waals surface area contributed by atoms with Gasteiger partial charge in [0, 0.05) is 6.61 Å². The van der Waals surface area contributed by atoms with Gasteiger partial charge in [-0.2, -0.15) is 0 Å². The summed E-state index contributed by atoms with van der Waals surface area (Å²) in [6, 6.07) is 0. The van der Waals surface area contributed by atoms with E-state index in [1.165, 1.54) is 19.3 Å². The first-order valence-electron chi connectivity index (χ1n) is 4.77. The van der Waals surface area contributed by atoms with Gasteiger partial charge in [0.2, 0.25) is 0 Å². The summed E-state index contributed by atoms with van der Waals surface area (Å²) in [5.74, 6) is 0.829. The maximum Gasteiger partial charge on any atom is 0.0523 e. The van der Waals surface area contributed by atoms with Gasteiger partial charge in [-0.1, -0.05) is 33.6 Å². The van der Waals surface area contributed by atoms with Crippen LogP contribution < -0.4 is 0 Å². The van der Waals surface area contributed by atoms with Crippen molar-refractivity contribution < 1.29 is 4.74 Å². The van der Waals surface area contributed by atoms with Gasteiger partial charge in [0.15, 0.2) is 0 Å². The molecule has 1 aliphatic rings. The van der Waals surface area contributed by atoms with Gasteiger partial charge in [-0.15, -0.1) is 0 Å². The minimum Gasteiger partial charge on any atom is -0.381 e. The number of hydrogen-bond acceptors (Lipinski definition) is 1. The van der Waals surface area contributed by atoms with Crippen molar-refractivity contribution in [2.75, 3.05) is 13.2 Å². The lowest BCUT2D eigenvalue weighted by molar-refractivity contribution is 0.122. The first kappa shape index (κ1) is 9.05. The van der Waals surface area contributed by atoms with Crippen molar-refractivity contribution in [3.63, 3.8) is 0 Å². The molecule has 1 heteroatoms. The van der Waals surface area contributed by atoms with E-state index in [1.54, 1.807) is 0 Å². The standard InChI is InChI=1S/C10H20O/c1-4-5-9(2)10(3)6-7-11-8-10/h9H,4-8H2,1-3H3/t9-,10-/m1/s1.